The Morgan fingerprint density at radius 2 is 2.27 bits per heavy atom. The summed E-state index contributed by atoms with van der Waals surface area (Å²) in [6.07, 6.45) is 0.640. The first-order valence-corrected chi connectivity index (χ1v) is 4.94. The molecule has 80 valence electrons. The molecule has 0 aliphatic carbocycles. The lowest BCUT2D eigenvalue weighted by Gasteiger charge is -2.09. The lowest BCUT2D eigenvalue weighted by Crippen LogP contribution is -2.00. The number of para-hydroxylation sites is 1. The minimum absolute atomic E-state index is 0.108. The molecule has 0 aromatic heterocycles. The first kappa shape index (κ1) is 11.6. The lowest BCUT2D eigenvalue weighted by molar-refractivity contribution is -0.385. The molecule has 6 heteroatoms. The van der Waals surface area contributed by atoms with Crippen LogP contribution >= 0.6 is 15.9 Å². The number of hydrogen-bond acceptors (Lipinski definition) is 4. The molecule has 0 heterocycles. The van der Waals surface area contributed by atoms with Crippen LogP contribution in [0.3, 0.4) is 0 Å². The van der Waals surface area contributed by atoms with Gasteiger partial charge in [-0.05, 0) is 0 Å². The zero-order valence-electron chi connectivity index (χ0n) is 7.84. The van der Waals surface area contributed by atoms with Crippen LogP contribution in [0.1, 0.15) is 10.4 Å². The normalized spacial score (nSPS) is 11.9. The van der Waals surface area contributed by atoms with E-state index >= 15 is 0 Å². The van der Waals surface area contributed by atoms with Crippen LogP contribution in [0, 0.1) is 10.1 Å². The number of aldehydes is 1. The minimum Gasteiger partial charge on any atom is -0.490 e. The van der Waals surface area contributed by atoms with Gasteiger partial charge in [0.1, 0.15) is 6.29 Å². The molecule has 0 N–H and O–H groups in total. The van der Waals surface area contributed by atoms with Crippen molar-refractivity contribution in [1.82, 2.24) is 0 Å². The highest BCUT2D eigenvalue weighted by molar-refractivity contribution is 9.09. The molecule has 0 fully saturated rings. The monoisotopic (exact) mass is 273 g/mol. The number of alkyl halides is 1. The molecule has 0 aliphatic rings. The molecule has 0 saturated heterocycles. The van der Waals surface area contributed by atoms with Crippen molar-refractivity contribution in [1.29, 1.82) is 0 Å². The second kappa shape index (κ2) is 4.88. The molecular formula is C9H8BrNO4. The van der Waals surface area contributed by atoms with Crippen LogP contribution in [-0.2, 0) is 4.79 Å². The highest BCUT2D eigenvalue weighted by Crippen LogP contribution is 2.36. The number of ether oxygens (including phenoxy) is 1. The summed E-state index contributed by atoms with van der Waals surface area (Å²) in [5, 5.41) is 10.7. The molecule has 5 nitrogen and oxygen atoms in total. The van der Waals surface area contributed by atoms with E-state index < -0.39 is 9.75 Å². The molecule has 1 atom stereocenters. The van der Waals surface area contributed by atoms with Crippen molar-refractivity contribution in [2.75, 3.05) is 7.11 Å². The van der Waals surface area contributed by atoms with Gasteiger partial charge in [0, 0.05) is 11.6 Å². The molecule has 0 aliphatic heterocycles. The Hall–Kier alpha value is -1.43. The van der Waals surface area contributed by atoms with Gasteiger partial charge in [-0.2, -0.15) is 0 Å². The molecule has 1 aromatic carbocycles. The maximum atomic E-state index is 10.7. The van der Waals surface area contributed by atoms with Crippen molar-refractivity contribution in [2.45, 2.75) is 4.83 Å². The van der Waals surface area contributed by atoms with Gasteiger partial charge in [-0.1, -0.05) is 28.1 Å². The van der Waals surface area contributed by atoms with E-state index in [-0.39, 0.29) is 11.4 Å². The fraction of sp³-hybridized carbons (Fsp3) is 0.222. The van der Waals surface area contributed by atoms with E-state index in [1.807, 2.05) is 0 Å². The standard InChI is InChI=1S/C9H8BrNO4/c1-15-9-6(7(10)5-12)3-2-4-8(9)11(13)14/h2-5,7H,1H3/t7-/m1/s1. The summed E-state index contributed by atoms with van der Waals surface area (Å²) in [7, 11) is 1.33. The van der Waals surface area contributed by atoms with Crippen LogP contribution in [0.4, 0.5) is 5.69 Å². The van der Waals surface area contributed by atoms with Crippen molar-refractivity contribution in [3.05, 3.63) is 33.9 Å². The number of halogens is 1. The van der Waals surface area contributed by atoms with E-state index in [0.29, 0.717) is 11.8 Å². The molecule has 15 heavy (non-hydrogen) atoms. The molecule has 1 aromatic rings. The third-order valence-corrected chi connectivity index (χ3v) is 2.55. The van der Waals surface area contributed by atoms with Gasteiger partial charge in [-0.3, -0.25) is 10.1 Å². The summed E-state index contributed by atoms with van der Waals surface area (Å²) in [6, 6.07) is 4.43. The van der Waals surface area contributed by atoms with Gasteiger partial charge in [-0.15, -0.1) is 0 Å². The van der Waals surface area contributed by atoms with Crippen molar-refractivity contribution in [3.63, 3.8) is 0 Å². The second-order valence-corrected chi connectivity index (χ2v) is 3.68. The number of rotatable bonds is 4. The number of carbonyl (C=O) groups excluding carboxylic acids is 1. The summed E-state index contributed by atoms with van der Waals surface area (Å²) < 4.78 is 4.93. The van der Waals surface area contributed by atoms with Crippen molar-refractivity contribution in [2.24, 2.45) is 0 Å². The number of nitro benzene ring substituents is 1. The molecule has 1 rings (SSSR count). The van der Waals surface area contributed by atoms with Crippen LogP contribution in [0.25, 0.3) is 0 Å². The van der Waals surface area contributed by atoms with E-state index in [1.165, 1.54) is 19.2 Å². The van der Waals surface area contributed by atoms with E-state index in [0.717, 1.165) is 0 Å². The summed E-state index contributed by atoms with van der Waals surface area (Å²) in [5.41, 5.74) is 0.294. The average Bonchev–Trinajstić information content (AvgIpc) is 2.26. The highest BCUT2D eigenvalue weighted by atomic mass is 79.9. The fourth-order valence-corrected chi connectivity index (χ4v) is 1.56. The van der Waals surface area contributed by atoms with Gasteiger partial charge in [0.15, 0.2) is 0 Å². The van der Waals surface area contributed by atoms with Gasteiger partial charge in [-0.25, -0.2) is 0 Å². The van der Waals surface area contributed by atoms with Crippen LogP contribution < -0.4 is 4.74 Å². The van der Waals surface area contributed by atoms with Gasteiger partial charge in [0.25, 0.3) is 0 Å². The van der Waals surface area contributed by atoms with E-state index in [1.54, 1.807) is 6.07 Å². The number of methoxy groups -OCH3 is 1. The summed E-state index contributed by atoms with van der Waals surface area (Å²) >= 11 is 3.09. The topological polar surface area (TPSA) is 69.4 Å². The Morgan fingerprint density at radius 1 is 1.60 bits per heavy atom. The summed E-state index contributed by atoms with van der Waals surface area (Å²) in [5.74, 6) is 0.108. The number of benzene rings is 1. The van der Waals surface area contributed by atoms with Crippen LogP contribution in [-0.4, -0.2) is 18.3 Å². The SMILES string of the molecule is COc1c([C@H](Br)C=O)cccc1[N+](=O)[O-]. The zero-order valence-corrected chi connectivity index (χ0v) is 9.43. The molecular weight excluding hydrogens is 266 g/mol. The number of hydrogen-bond donors (Lipinski definition) is 0. The number of nitrogens with zero attached hydrogens (tertiary/aromatic N) is 1. The Labute approximate surface area is 94.3 Å². The van der Waals surface area contributed by atoms with E-state index in [4.69, 9.17) is 4.74 Å². The molecule has 0 saturated carbocycles. The first-order valence-electron chi connectivity index (χ1n) is 4.02. The number of nitro groups is 1. The molecule has 0 unspecified atom stereocenters. The molecule has 0 spiro atoms. The van der Waals surface area contributed by atoms with Gasteiger partial charge in [0.05, 0.1) is 16.9 Å². The Bertz CT molecular complexity index is 394. The zero-order chi connectivity index (χ0) is 11.4. The first-order chi connectivity index (χ1) is 7.11. The lowest BCUT2D eigenvalue weighted by atomic mass is 10.1. The van der Waals surface area contributed by atoms with E-state index in [2.05, 4.69) is 15.9 Å². The van der Waals surface area contributed by atoms with Crippen LogP contribution in [0.15, 0.2) is 18.2 Å². The van der Waals surface area contributed by atoms with Gasteiger partial charge >= 0.3 is 5.69 Å². The summed E-state index contributed by atoms with van der Waals surface area (Å²) in [6.45, 7) is 0. The quantitative estimate of drug-likeness (QED) is 0.365. The van der Waals surface area contributed by atoms with E-state index in [9.17, 15) is 14.9 Å². The Kier molecular flexibility index (Phi) is 3.79. The predicted molar refractivity (Wildman–Crippen MR) is 57.4 cm³/mol. The average molecular weight is 274 g/mol. The smallest absolute Gasteiger partial charge is 0.311 e. The maximum absolute atomic E-state index is 10.7. The third-order valence-electron chi connectivity index (χ3n) is 1.84. The largest absolute Gasteiger partial charge is 0.490 e. The molecule has 0 radical (unpaired) electrons. The van der Waals surface area contributed by atoms with Gasteiger partial charge < -0.3 is 9.53 Å². The second-order valence-electron chi connectivity index (χ2n) is 2.69. The van der Waals surface area contributed by atoms with Gasteiger partial charge in [0.2, 0.25) is 5.75 Å². The summed E-state index contributed by atoms with van der Waals surface area (Å²) in [4.78, 5) is 20.1. The van der Waals surface area contributed by atoms with Crippen molar-refractivity contribution in [3.8, 4) is 5.75 Å². The Balaban J connectivity index is 3.34. The predicted octanol–water partition coefficient (Wildman–Crippen LogP) is 2.24. The van der Waals surface area contributed by atoms with Crippen LogP contribution in [0.2, 0.25) is 0 Å². The molecule has 0 amide bonds. The van der Waals surface area contributed by atoms with Crippen LogP contribution in [0.5, 0.6) is 5.75 Å². The maximum Gasteiger partial charge on any atom is 0.311 e. The van der Waals surface area contributed by atoms with Crippen molar-refractivity contribution < 1.29 is 14.5 Å². The highest BCUT2D eigenvalue weighted by Gasteiger charge is 2.21. The number of carbonyl (C=O) groups is 1. The minimum atomic E-state index is -0.604. The Morgan fingerprint density at radius 3 is 2.73 bits per heavy atom. The van der Waals surface area contributed by atoms with Crippen molar-refractivity contribution >= 4 is 27.9 Å². The molecule has 0 bridgehead atoms. The third kappa shape index (κ3) is 2.33. The fourth-order valence-electron chi connectivity index (χ4n) is 1.20.